The topological polar surface area (TPSA) is 63.4 Å². The number of aliphatic hydroxyl groups excluding tert-OH is 1. The molecule has 0 bridgehead atoms. The lowest BCUT2D eigenvalue weighted by Gasteiger charge is -2.07. The van der Waals surface area contributed by atoms with E-state index in [1.165, 1.54) is 23.9 Å². The minimum Gasteiger partial charge on any atom is -0.392 e. The molecule has 0 aliphatic rings. The zero-order valence-electron chi connectivity index (χ0n) is 9.75. The standard InChI is InChI=1S/C13H10BrNO3S/c14-10-1-6-13(9(7-10)8-16)19-12-4-2-11(3-5-12)15(17)18/h1-7,16H,8H2. The Kier molecular flexibility index (Phi) is 4.57. The number of benzene rings is 2. The van der Waals surface area contributed by atoms with Crippen molar-refractivity contribution >= 4 is 33.4 Å². The molecule has 0 spiro atoms. The van der Waals surface area contributed by atoms with Gasteiger partial charge in [0.15, 0.2) is 0 Å². The number of nitro benzene ring substituents is 1. The summed E-state index contributed by atoms with van der Waals surface area (Å²) in [6.07, 6.45) is 0. The van der Waals surface area contributed by atoms with Gasteiger partial charge in [-0.15, -0.1) is 0 Å². The number of halogens is 1. The SMILES string of the molecule is O=[N+]([O-])c1ccc(Sc2ccc(Br)cc2CO)cc1. The highest BCUT2D eigenvalue weighted by Crippen LogP contribution is 2.32. The third-order valence-electron chi connectivity index (χ3n) is 2.47. The zero-order chi connectivity index (χ0) is 13.8. The van der Waals surface area contributed by atoms with Crippen molar-refractivity contribution in [2.75, 3.05) is 0 Å². The molecule has 0 atom stereocenters. The lowest BCUT2D eigenvalue weighted by atomic mass is 10.2. The van der Waals surface area contributed by atoms with E-state index < -0.39 is 4.92 Å². The highest BCUT2D eigenvalue weighted by atomic mass is 79.9. The summed E-state index contributed by atoms with van der Waals surface area (Å²) in [5, 5.41) is 19.9. The largest absolute Gasteiger partial charge is 0.392 e. The number of hydrogen-bond acceptors (Lipinski definition) is 4. The van der Waals surface area contributed by atoms with Gasteiger partial charge in [-0.25, -0.2) is 0 Å². The maximum Gasteiger partial charge on any atom is 0.269 e. The van der Waals surface area contributed by atoms with Crippen LogP contribution in [0.4, 0.5) is 5.69 Å². The summed E-state index contributed by atoms with van der Waals surface area (Å²) in [6.45, 7) is -0.0469. The monoisotopic (exact) mass is 339 g/mol. The van der Waals surface area contributed by atoms with E-state index in [2.05, 4.69) is 15.9 Å². The van der Waals surface area contributed by atoms with Crippen LogP contribution in [0, 0.1) is 10.1 Å². The fourth-order valence-electron chi connectivity index (χ4n) is 1.53. The summed E-state index contributed by atoms with van der Waals surface area (Å²) < 4.78 is 0.907. The third kappa shape index (κ3) is 3.56. The molecule has 2 aromatic rings. The van der Waals surface area contributed by atoms with Crippen molar-refractivity contribution < 1.29 is 10.0 Å². The van der Waals surface area contributed by atoms with E-state index in [0.29, 0.717) is 0 Å². The molecule has 0 aliphatic heterocycles. The molecule has 0 saturated carbocycles. The number of nitro groups is 1. The third-order valence-corrected chi connectivity index (χ3v) is 4.09. The van der Waals surface area contributed by atoms with E-state index in [4.69, 9.17) is 0 Å². The quantitative estimate of drug-likeness (QED) is 0.675. The van der Waals surface area contributed by atoms with Crippen LogP contribution in [0.25, 0.3) is 0 Å². The lowest BCUT2D eigenvalue weighted by molar-refractivity contribution is -0.384. The average Bonchev–Trinajstić information content (AvgIpc) is 2.41. The van der Waals surface area contributed by atoms with Crippen molar-refractivity contribution in [3.8, 4) is 0 Å². The Hall–Kier alpha value is -1.37. The first-order valence-corrected chi connectivity index (χ1v) is 7.02. The van der Waals surface area contributed by atoms with Crippen LogP contribution in [0.15, 0.2) is 56.7 Å². The summed E-state index contributed by atoms with van der Waals surface area (Å²) >= 11 is 4.82. The van der Waals surface area contributed by atoms with Crippen LogP contribution in [0.5, 0.6) is 0 Å². The van der Waals surface area contributed by atoms with Gasteiger partial charge in [0.05, 0.1) is 11.5 Å². The molecule has 6 heteroatoms. The number of hydrogen-bond donors (Lipinski definition) is 1. The summed E-state index contributed by atoms with van der Waals surface area (Å²) in [5.74, 6) is 0. The van der Waals surface area contributed by atoms with Crippen molar-refractivity contribution in [1.29, 1.82) is 0 Å². The van der Waals surface area contributed by atoms with E-state index in [-0.39, 0.29) is 12.3 Å². The van der Waals surface area contributed by atoms with Gasteiger partial charge >= 0.3 is 0 Å². The molecule has 2 aromatic carbocycles. The summed E-state index contributed by atoms with van der Waals surface area (Å²) in [4.78, 5) is 12.0. The average molecular weight is 340 g/mol. The van der Waals surface area contributed by atoms with Crippen molar-refractivity contribution in [3.63, 3.8) is 0 Å². The molecular weight excluding hydrogens is 330 g/mol. The van der Waals surface area contributed by atoms with Crippen molar-refractivity contribution in [2.45, 2.75) is 16.4 Å². The Balaban J connectivity index is 2.23. The molecule has 0 saturated heterocycles. The van der Waals surface area contributed by atoms with Crippen LogP contribution in [0.1, 0.15) is 5.56 Å². The van der Waals surface area contributed by atoms with Crippen LogP contribution in [0.3, 0.4) is 0 Å². The second kappa shape index (κ2) is 6.18. The van der Waals surface area contributed by atoms with Crippen LogP contribution >= 0.6 is 27.7 Å². The van der Waals surface area contributed by atoms with Gasteiger partial charge in [0.1, 0.15) is 0 Å². The van der Waals surface area contributed by atoms with E-state index in [9.17, 15) is 15.2 Å². The van der Waals surface area contributed by atoms with Crippen LogP contribution < -0.4 is 0 Å². The van der Waals surface area contributed by atoms with Gasteiger partial charge in [-0.2, -0.15) is 0 Å². The first-order chi connectivity index (χ1) is 9.10. The number of rotatable bonds is 4. The molecule has 98 valence electrons. The van der Waals surface area contributed by atoms with Crippen LogP contribution in [-0.4, -0.2) is 10.0 Å². The predicted octanol–water partition coefficient (Wildman–Crippen LogP) is 4.00. The second-order valence-electron chi connectivity index (χ2n) is 3.76. The first-order valence-electron chi connectivity index (χ1n) is 5.42. The van der Waals surface area contributed by atoms with Gasteiger partial charge in [-0.05, 0) is 35.9 Å². The predicted molar refractivity (Wildman–Crippen MR) is 77.3 cm³/mol. The Morgan fingerprint density at radius 2 is 1.89 bits per heavy atom. The van der Waals surface area contributed by atoms with Gasteiger partial charge in [0.2, 0.25) is 0 Å². The van der Waals surface area contributed by atoms with E-state index >= 15 is 0 Å². The van der Waals surface area contributed by atoms with Gasteiger partial charge in [0.25, 0.3) is 5.69 Å². The highest BCUT2D eigenvalue weighted by Gasteiger charge is 2.07. The Labute approximate surface area is 122 Å². The first kappa shape index (κ1) is 14.0. The molecule has 1 N–H and O–H groups in total. The van der Waals surface area contributed by atoms with E-state index in [1.54, 1.807) is 12.1 Å². The van der Waals surface area contributed by atoms with Crippen LogP contribution in [-0.2, 0) is 6.61 Å². The lowest BCUT2D eigenvalue weighted by Crippen LogP contribution is -1.89. The molecule has 0 unspecified atom stereocenters. The number of aliphatic hydroxyl groups is 1. The fraction of sp³-hybridized carbons (Fsp3) is 0.0769. The van der Waals surface area contributed by atoms with Gasteiger partial charge in [-0.1, -0.05) is 27.7 Å². The maximum atomic E-state index is 10.6. The molecule has 19 heavy (non-hydrogen) atoms. The van der Waals surface area contributed by atoms with Gasteiger partial charge < -0.3 is 5.11 Å². The number of non-ortho nitro benzene ring substituents is 1. The Morgan fingerprint density at radius 1 is 1.21 bits per heavy atom. The van der Waals surface area contributed by atoms with Crippen molar-refractivity contribution in [1.82, 2.24) is 0 Å². The van der Waals surface area contributed by atoms with E-state index in [1.807, 2.05) is 18.2 Å². The van der Waals surface area contributed by atoms with Crippen molar-refractivity contribution in [2.24, 2.45) is 0 Å². The maximum absolute atomic E-state index is 10.6. The number of nitrogens with zero attached hydrogens (tertiary/aromatic N) is 1. The Bertz CT molecular complexity index is 601. The van der Waals surface area contributed by atoms with Crippen molar-refractivity contribution in [3.05, 3.63) is 62.6 Å². The molecule has 0 radical (unpaired) electrons. The molecule has 2 rings (SSSR count). The second-order valence-corrected chi connectivity index (χ2v) is 5.79. The minimum absolute atomic E-state index is 0.0469. The van der Waals surface area contributed by atoms with Gasteiger partial charge in [0, 0.05) is 26.4 Å². The summed E-state index contributed by atoms with van der Waals surface area (Å²) in [6, 6.07) is 12.0. The highest BCUT2D eigenvalue weighted by molar-refractivity contribution is 9.10. The fourth-order valence-corrected chi connectivity index (χ4v) is 2.86. The normalized spacial score (nSPS) is 10.4. The minimum atomic E-state index is -0.423. The summed E-state index contributed by atoms with van der Waals surface area (Å²) in [7, 11) is 0. The summed E-state index contributed by atoms with van der Waals surface area (Å²) in [5.41, 5.74) is 0.889. The zero-order valence-corrected chi connectivity index (χ0v) is 12.1. The smallest absolute Gasteiger partial charge is 0.269 e. The van der Waals surface area contributed by atoms with E-state index in [0.717, 1.165) is 19.8 Å². The molecule has 0 heterocycles. The molecule has 0 amide bonds. The molecule has 0 aliphatic carbocycles. The van der Waals surface area contributed by atoms with Gasteiger partial charge in [-0.3, -0.25) is 10.1 Å². The molecular formula is C13H10BrNO3S. The Morgan fingerprint density at radius 3 is 2.47 bits per heavy atom. The molecule has 0 fully saturated rings. The van der Waals surface area contributed by atoms with Crippen LogP contribution in [0.2, 0.25) is 0 Å². The molecule has 4 nitrogen and oxygen atoms in total. The molecule has 0 aromatic heterocycles.